The fourth-order valence-corrected chi connectivity index (χ4v) is 5.07. The van der Waals surface area contributed by atoms with Crippen molar-refractivity contribution in [2.24, 2.45) is 0 Å². The lowest BCUT2D eigenvalue weighted by Gasteiger charge is -2.24. The molecule has 0 fully saturated rings. The van der Waals surface area contributed by atoms with Crippen LogP contribution in [-0.2, 0) is 14.8 Å². The fraction of sp³-hybridized carbons (Fsp3) is 0.273. The van der Waals surface area contributed by atoms with Crippen LogP contribution in [0.4, 0.5) is 11.4 Å². The predicted molar refractivity (Wildman–Crippen MR) is 118 cm³/mol. The van der Waals surface area contributed by atoms with Crippen molar-refractivity contribution in [1.82, 2.24) is 5.16 Å². The maximum absolute atomic E-state index is 13.6. The van der Waals surface area contributed by atoms with E-state index in [0.717, 1.165) is 15.4 Å². The number of nitrogens with one attached hydrogen (secondary N) is 1. The second kappa shape index (κ2) is 8.81. The van der Waals surface area contributed by atoms with Gasteiger partial charge in [-0.2, -0.15) is 0 Å². The summed E-state index contributed by atoms with van der Waals surface area (Å²) in [5, 5.41) is 6.49. The molecule has 1 aromatic heterocycles. The standard InChI is InChI=1S/C22H25N3O5S/c1-14-10-15(2)12-19(11-14)25(31(27,28)22-16(3)24-30-17(22)4)13-21(26)23-18-6-8-20(29-5)9-7-18/h6-12H,13H2,1-5H3,(H,23,26). The Morgan fingerprint density at radius 1 is 1.06 bits per heavy atom. The second-order valence-electron chi connectivity index (χ2n) is 7.29. The molecule has 2 aromatic carbocycles. The molecule has 0 aliphatic heterocycles. The highest BCUT2D eigenvalue weighted by Gasteiger charge is 2.33. The molecule has 1 N–H and O–H groups in total. The number of anilines is 2. The van der Waals surface area contributed by atoms with Crippen LogP contribution < -0.4 is 14.4 Å². The van der Waals surface area contributed by atoms with Gasteiger partial charge in [-0.1, -0.05) is 11.2 Å². The van der Waals surface area contributed by atoms with Gasteiger partial charge in [0, 0.05) is 5.69 Å². The molecule has 0 saturated carbocycles. The van der Waals surface area contributed by atoms with E-state index in [2.05, 4.69) is 10.5 Å². The van der Waals surface area contributed by atoms with Crippen LogP contribution in [0.2, 0.25) is 0 Å². The van der Waals surface area contributed by atoms with Crippen LogP contribution in [0.3, 0.4) is 0 Å². The van der Waals surface area contributed by atoms with Gasteiger partial charge in [0.05, 0.1) is 12.8 Å². The zero-order chi connectivity index (χ0) is 22.8. The lowest BCUT2D eigenvalue weighted by atomic mass is 10.1. The van der Waals surface area contributed by atoms with Crippen LogP contribution in [0.5, 0.6) is 5.75 Å². The molecular formula is C22H25N3O5S. The SMILES string of the molecule is COc1ccc(NC(=O)CN(c2cc(C)cc(C)c2)S(=O)(=O)c2c(C)noc2C)cc1. The zero-order valence-electron chi connectivity index (χ0n) is 18.1. The minimum absolute atomic E-state index is 0.0380. The molecule has 0 spiro atoms. The molecule has 0 aliphatic carbocycles. The molecule has 0 atom stereocenters. The lowest BCUT2D eigenvalue weighted by Crippen LogP contribution is -2.38. The van der Waals surface area contributed by atoms with Crippen molar-refractivity contribution in [1.29, 1.82) is 0 Å². The number of methoxy groups -OCH3 is 1. The third-order valence-corrected chi connectivity index (χ3v) is 6.69. The molecule has 0 aliphatic rings. The average molecular weight is 444 g/mol. The molecule has 9 heteroatoms. The molecule has 0 saturated heterocycles. The highest BCUT2D eigenvalue weighted by Crippen LogP contribution is 2.29. The normalized spacial score (nSPS) is 11.3. The number of hydrogen-bond acceptors (Lipinski definition) is 6. The van der Waals surface area contributed by atoms with E-state index in [4.69, 9.17) is 9.26 Å². The number of carbonyl (C=O) groups excluding carboxylic acids is 1. The maximum atomic E-state index is 13.6. The summed E-state index contributed by atoms with van der Waals surface area (Å²) in [6.07, 6.45) is 0. The third kappa shape index (κ3) is 4.88. The molecular weight excluding hydrogens is 418 g/mol. The van der Waals surface area contributed by atoms with Crippen LogP contribution in [0.25, 0.3) is 0 Å². The predicted octanol–water partition coefficient (Wildman–Crippen LogP) is 3.75. The number of carbonyl (C=O) groups is 1. The van der Waals surface area contributed by atoms with Gasteiger partial charge in [-0.3, -0.25) is 9.10 Å². The number of hydrogen-bond donors (Lipinski definition) is 1. The number of sulfonamides is 1. The van der Waals surface area contributed by atoms with Crippen molar-refractivity contribution < 1.29 is 22.5 Å². The molecule has 0 radical (unpaired) electrons. The number of aromatic nitrogens is 1. The summed E-state index contributed by atoms with van der Waals surface area (Å²) in [5.74, 6) is 0.331. The molecule has 8 nitrogen and oxygen atoms in total. The van der Waals surface area contributed by atoms with Gasteiger partial charge in [-0.05, 0) is 75.2 Å². The highest BCUT2D eigenvalue weighted by molar-refractivity contribution is 7.93. The topological polar surface area (TPSA) is 102 Å². The van der Waals surface area contributed by atoms with E-state index in [1.54, 1.807) is 50.4 Å². The van der Waals surface area contributed by atoms with Crippen molar-refractivity contribution in [2.45, 2.75) is 32.6 Å². The van der Waals surface area contributed by atoms with Gasteiger partial charge in [-0.15, -0.1) is 0 Å². The number of amides is 1. The fourth-order valence-electron chi connectivity index (χ4n) is 3.37. The first-order valence-electron chi connectivity index (χ1n) is 9.59. The Kier molecular flexibility index (Phi) is 6.35. The van der Waals surface area contributed by atoms with E-state index in [-0.39, 0.29) is 16.3 Å². The van der Waals surface area contributed by atoms with Crippen molar-refractivity contribution in [3.8, 4) is 5.75 Å². The van der Waals surface area contributed by atoms with Crippen LogP contribution >= 0.6 is 0 Å². The van der Waals surface area contributed by atoms with Gasteiger partial charge in [0.15, 0.2) is 10.7 Å². The Balaban J connectivity index is 1.98. The molecule has 0 bridgehead atoms. The minimum Gasteiger partial charge on any atom is -0.497 e. The van der Waals surface area contributed by atoms with Gasteiger partial charge in [0.2, 0.25) is 5.91 Å². The largest absolute Gasteiger partial charge is 0.497 e. The summed E-state index contributed by atoms with van der Waals surface area (Å²) in [6.45, 7) is 6.41. The summed E-state index contributed by atoms with van der Waals surface area (Å²) >= 11 is 0. The molecule has 0 unspecified atom stereocenters. The first-order chi connectivity index (χ1) is 14.6. The quantitative estimate of drug-likeness (QED) is 0.597. The van der Waals surface area contributed by atoms with Crippen molar-refractivity contribution in [2.75, 3.05) is 23.3 Å². The Hall–Kier alpha value is -3.33. The summed E-state index contributed by atoms with van der Waals surface area (Å²) in [6, 6.07) is 12.2. The van der Waals surface area contributed by atoms with Crippen molar-refractivity contribution in [3.05, 3.63) is 65.0 Å². The number of benzene rings is 2. The first kappa shape index (κ1) is 22.4. The van der Waals surface area contributed by atoms with E-state index < -0.39 is 22.5 Å². The zero-order valence-corrected chi connectivity index (χ0v) is 18.9. The van der Waals surface area contributed by atoms with Gasteiger partial charge in [-0.25, -0.2) is 8.42 Å². The molecule has 1 heterocycles. The van der Waals surface area contributed by atoms with E-state index in [9.17, 15) is 13.2 Å². The van der Waals surface area contributed by atoms with Crippen LogP contribution in [0, 0.1) is 27.7 Å². The molecule has 1 amide bonds. The number of aryl methyl sites for hydroxylation is 4. The first-order valence-corrected chi connectivity index (χ1v) is 11.0. The molecule has 31 heavy (non-hydrogen) atoms. The van der Waals surface area contributed by atoms with Gasteiger partial charge >= 0.3 is 0 Å². The lowest BCUT2D eigenvalue weighted by molar-refractivity contribution is -0.114. The number of nitrogens with zero attached hydrogens (tertiary/aromatic N) is 2. The van der Waals surface area contributed by atoms with Crippen molar-refractivity contribution in [3.63, 3.8) is 0 Å². The van der Waals surface area contributed by atoms with Crippen LogP contribution in [-0.4, -0.2) is 33.1 Å². The van der Waals surface area contributed by atoms with Gasteiger partial charge in [0.25, 0.3) is 10.0 Å². The van der Waals surface area contributed by atoms with Gasteiger partial charge < -0.3 is 14.6 Å². The van der Waals surface area contributed by atoms with E-state index in [0.29, 0.717) is 17.1 Å². The second-order valence-corrected chi connectivity index (χ2v) is 9.09. The minimum atomic E-state index is -4.11. The van der Waals surface area contributed by atoms with E-state index in [1.165, 1.54) is 6.92 Å². The molecule has 3 aromatic rings. The Morgan fingerprint density at radius 2 is 1.68 bits per heavy atom. The number of rotatable bonds is 7. The maximum Gasteiger partial charge on any atom is 0.270 e. The van der Waals surface area contributed by atoms with E-state index >= 15 is 0 Å². The van der Waals surface area contributed by atoms with Crippen LogP contribution in [0.1, 0.15) is 22.6 Å². The smallest absolute Gasteiger partial charge is 0.270 e. The number of ether oxygens (including phenoxy) is 1. The Labute approximate surface area is 181 Å². The Morgan fingerprint density at radius 3 is 2.19 bits per heavy atom. The monoisotopic (exact) mass is 443 g/mol. The Bertz CT molecular complexity index is 1160. The average Bonchev–Trinajstić information content (AvgIpc) is 3.04. The molecule has 164 valence electrons. The van der Waals surface area contributed by atoms with Gasteiger partial charge in [0.1, 0.15) is 18.0 Å². The highest BCUT2D eigenvalue weighted by atomic mass is 32.2. The molecule has 3 rings (SSSR count). The summed E-state index contributed by atoms with van der Waals surface area (Å²) < 4.78 is 38.4. The summed E-state index contributed by atoms with van der Waals surface area (Å²) in [4.78, 5) is 12.8. The summed E-state index contributed by atoms with van der Waals surface area (Å²) in [5.41, 5.74) is 2.92. The van der Waals surface area contributed by atoms with Crippen LogP contribution in [0.15, 0.2) is 51.9 Å². The van der Waals surface area contributed by atoms with Crippen molar-refractivity contribution >= 4 is 27.3 Å². The summed E-state index contributed by atoms with van der Waals surface area (Å²) in [7, 11) is -2.56. The van der Waals surface area contributed by atoms with E-state index in [1.807, 2.05) is 19.9 Å². The third-order valence-electron chi connectivity index (χ3n) is 4.67.